The lowest BCUT2D eigenvalue weighted by atomic mass is 10.0. The summed E-state index contributed by atoms with van der Waals surface area (Å²) < 4.78 is 68.0. The Bertz CT molecular complexity index is 485. The number of hydrogen-bond acceptors (Lipinski definition) is 3. The number of aromatic nitrogens is 1. The Hall–Kier alpha value is -1.73. The van der Waals surface area contributed by atoms with Gasteiger partial charge in [-0.3, -0.25) is 9.78 Å². The van der Waals surface area contributed by atoms with Crippen molar-refractivity contribution in [3.8, 4) is 0 Å². The summed E-state index contributed by atoms with van der Waals surface area (Å²) in [6, 6.07) is 0. The van der Waals surface area contributed by atoms with Gasteiger partial charge in [-0.1, -0.05) is 0 Å². The van der Waals surface area contributed by atoms with E-state index in [0.29, 0.717) is 6.20 Å². The summed E-state index contributed by atoms with van der Waals surface area (Å²) in [5.41, 5.74) is -3.37. The number of rotatable bonds is 3. The van der Waals surface area contributed by atoms with E-state index in [2.05, 4.69) is 9.72 Å². The Kier molecular flexibility index (Phi) is 4.43. The smallest absolute Gasteiger partial charge is 0.418 e. The lowest BCUT2D eigenvalue weighted by Crippen LogP contribution is -2.18. The lowest BCUT2D eigenvalue weighted by molar-refractivity contribution is -0.142. The Labute approximate surface area is 105 Å². The van der Waals surface area contributed by atoms with Crippen molar-refractivity contribution in [2.24, 2.45) is 0 Å². The van der Waals surface area contributed by atoms with Gasteiger partial charge in [0.2, 0.25) is 0 Å². The van der Waals surface area contributed by atoms with E-state index in [1.165, 1.54) is 0 Å². The van der Waals surface area contributed by atoms with E-state index in [-0.39, 0.29) is 0 Å². The summed E-state index contributed by atoms with van der Waals surface area (Å²) in [7, 11) is 1.01. The summed E-state index contributed by atoms with van der Waals surface area (Å²) >= 11 is 0. The van der Waals surface area contributed by atoms with Gasteiger partial charge in [0, 0.05) is 11.8 Å². The number of carbonyl (C=O) groups excluding carboxylic acids is 1. The first-order valence-corrected chi connectivity index (χ1v) is 5.09. The molecule has 106 valence electrons. The molecule has 1 rings (SSSR count). The second kappa shape index (κ2) is 5.50. The standard InChI is InChI=1S/C11H10F5NO2/c1-5-6(10(12)13)4-17-7(3-8(18)19-2)9(5)11(14,15)16/h4,10H,3H2,1-2H3. The molecule has 1 aromatic heterocycles. The zero-order valence-electron chi connectivity index (χ0n) is 10.0. The Morgan fingerprint density at radius 3 is 2.42 bits per heavy atom. The fourth-order valence-electron chi connectivity index (χ4n) is 1.61. The molecule has 0 aliphatic heterocycles. The maximum absolute atomic E-state index is 12.9. The zero-order chi connectivity index (χ0) is 14.8. The van der Waals surface area contributed by atoms with Crippen molar-refractivity contribution >= 4 is 5.97 Å². The highest BCUT2D eigenvalue weighted by Crippen LogP contribution is 2.37. The van der Waals surface area contributed by atoms with Crippen LogP contribution in [0.2, 0.25) is 0 Å². The fraction of sp³-hybridized carbons (Fsp3) is 0.455. The number of halogens is 5. The molecule has 0 saturated heterocycles. The quantitative estimate of drug-likeness (QED) is 0.632. The van der Waals surface area contributed by atoms with Gasteiger partial charge < -0.3 is 4.74 Å². The molecule has 0 unspecified atom stereocenters. The van der Waals surface area contributed by atoms with Gasteiger partial charge in [0.25, 0.3) is 6.43 Å². The third-order valence-electron chi connectivity index (χ3n) is 2.51. The van der Waals surface area contributed by atoms with Crippen molar-refractivity contribution in [1.82, 2.24) is 4.98 Å². The third-order valence-corrected chi connectivity index (χ3v) is 2.51. The maximum Gasteiger partial charge on any atom is 0.418 e. The Balaban J connectivity index is 3.40. The molecule has 0 aliphatic rings. The minimum absolute atomic E-state index is 0.624. The molecule has 1 aromatic rings. The second-order valence-corrected chi connectivity index (χ2v) is 3.71. The molecule has 0 aromatic carbocycles. The summed E-state index contributed by atoms with van der Waals surface area (Å²) in [6.07, 6.45) is -8.02. The summed E-state index contributed by atoms with van der Waals surface area (Å²) in [4.78, 5) is 14.3. The van der Waals surface area contributed by atoms with Gasteiger partial charge in [0.1, 0.15) is 0 Å². The SMILES string of the molecule is COC(=O)Cc1ncc(C(F)F)c(C)c1C(F)(F)F. The summed E-state index contributed by atoms with van der Waals surface area (Å²) in [6.45, 7) is 0.923. The summed E-state index contributed by atoms with van der Waals surface area (Å²) in [5.74, 6) is -0.929. The fourth-order valence-corrected chi connectivity index (χ4v) is 1.61. The van der Waals surface area contributed by atoms with Crippen molar-refractivity contribution < 1.29 is 31.5 Å². The molecule has 1 heterocycles. The predicted molar refractivity (Wildman–Crippen MR) is 54.7 cm³/mol. The van der Waals surface area contributed by atoms with Crippen molar-refractivity contribution in [3.63, 3.8) is 0 Å². The van der Waals surface area contributed by atoms with Gasteiger partial charge >= 0.3 is 12.1 Å². The zero-order valence-corrected chi connectivity index (χ0v) is 10.0. The number of nitrogens with zero attached hydrogens (tertiary/aromatic N) is 1. The van der Waals surface area contributed by atoms with Gasteiger partial charge in [0.15, 0.2) is 0 Å². The number of pyridine rings is 1. The second-order valence-electron chi connectivity index (χ2n) is 3.71. The number of hydrogen-bond donors (Lipinski definition) is 0. The molecule has 0 amide bonds. The van der Waals surface area contributed by atoms with Crippen molar-refractivity contribution in [1.29, 1.82) is 0 Å². The van der Waals surface area contributed by atoms with E-state index < -0.39 is 47.4 Å². The minimum atomic E-state index is -4.87. The van der Waals surface area contributed by atoms with Gasteiger partial charge in [0.05, 0.1) is 24.8 Å². The Morgan fingerprint density at radius 1 is 1.42 bits per heavy atom. The number of methoxy groups -OCH3 is 1. The van der Waals surface area contributed by atoms with Crippen LogP contribution in [-0.4, -0.2) is 18.1 Å². The first-order valence-electron chi connectivity index (χ1n) is 5.09. The van der Waals surface area contributed by atoms with E-state index in [0.717, 1.165) is 14.0 Å². The summed E-state index contributed by atoms with van der Waals surface area (Å²) in [5, 5.41) is 0. The lowest BCUT2D eigenvalue weighted by Gasteiger charge is -2.16. The first-order chi connectivity index (χ1) is 8.68. The van der Waals surface area contributed by atoms with Crippen LogP contribution < -0.4 is 0 Å². The molecule has 0 atom stereocenters. The molecule has 0 aliphatic carbocycles. The molecule has 19 heavy (non-hydrogen) atoms. The van der Waals surface area contributed by atoms with E-state index in [1.807, 2.05) is 0 Å². The highest BCUT2D eigenvalue weighted by molar-refractivity contribution is 5.72. The van der Waals surface area contributed by atoms with Crippen molar-refractivity contribution in [2.45, 2.75) is 25.9 Å². The van der Waals surface area contributed by atoms with Crippen LogP contribution in [0.4, 0.5) is 22.0 Å². The molecule has 0 spiro atoms. The van der Waals surface area contributed by atoms with E-state index in [1.54, 1.807) is 0 Å². The topological polar surface area (TPSA) is 39.2 Å². The van der Waals surface area contributed by atoms with Gasteiger partial charge in [-0.2, -0.15) is 13.2 Å². The van der Waals surface area contributed by atoms with Gasteiger partial charge in [-0.05, 0) is 12.5 Å². The highest BCUT2D eigenvalue weighted by Gasteiger charge is 2.38. The minimum Gasteiger partial charge on any atom is -0.469 e. The van der Waals surface area contributed by atoms with Crippen LogP contribution >= 0.6 is 0 Å². The van der Waals surface area contributed by atoms with Crippen molar-refractivity contribution in [3.05, 3.63) is 28.6 Å². The molecule has 3 nitrogen and oxygen atoms in total. The number of esters is 1. The molecule has 0 bridgehead atoms. The molecular weight excluding hydrogens is 273 g/mol. The number of carbonyl (C=O) groups is 1. The van der Waals surface area contributed by atoms with Crippen LogP contribution in [0.1, 0.15) is 28.8 Å². The maximum atomic E-state index is 12.9. The number of ether oxygens (including phenoxy) is 1. The van der Waals surface area contributed by atoms with Gasteiger partial charge in [-0.15, -0.1) is 0 Å². The normalized spacial score (nSPS) is 11.8. The van der Waals surface area contributed by atoms with Crippen LogP contribution in [0.25, 0.3) is 0 Å². The average molecular weight is 283 g/mol. The average Bonchev–Trinajstić information content (AvgIpc) is 2.26. The van der Waals surface area contributed by atoms with Crippen LogP contribution in [-0.2, 0) is 22.1 Å². The largest absolute Gasteiger partial charge is 0.469 e. The van der Waals surface area contributed by atoms with E-state index in [4.69, 9.17) is 0 Å². The molecule has 0 saturated carbocycles. The molecular formula is C11H10F5NO2. The van der Waals surface area contributed by atoms with Crippen LogP contribution in [0.5, 0.6) is 0 Å². The first kappa shape index (κ1) is 15.3. The molecule has 8 heteroatoms. The van der Waals surface area contributed by atoms with Gasteiger partial charge in [-0.25, -0.2) is 8.78 Å². The third kappa shape index (κ3) is 3.39. The van der Waals surface area contributed by atoms with Crippen LogP contribution in [0, 0.1) is 6.92 Å². The van der Waals surface area contributed by atoms with E-state index in [9.17, 15) is 26.7 Å². The van der Waals surface area contributed by atoms with Crippen LogP contribution in [0.3, 0.4) is 0 Å². The predicted octanol–water partition coefficient (Wildman–Crippen LogP) is 3.06. The monoisotopic (exact) mass is 283 g/mol. The van der Waals surface area contributed by atoms with E-state index >= 15 is 0 Å². The molecule has 0 N–H and O–H groups in total. The highest BCUT2D eigenvalue weighted by atomic mass is 19.4. The number of alkyl halides is 5. The molecule has 0 radical (unpaired) electrons. The van der Waals surface area contributed by atoms with Crippen molar-refractivity contribution in [2.75, 3.05) is 7.11 Å². The van der Waals surface area contributed by atoms with Crippen LogP contribution in [0.15, 0.2) is 6.20 Å². The Morgan fingerprint density at radius 2 is 2.00 bits per heavy atom. The molecule has 0 fully saturated rings.